The Morgan fingerprint density at radius 3 is 2.30 bits per heavy atom. The molecule has 0 radical (unpaired) electrons. The number of hydrogen-bond donors (Lipinski definition) is 3. The van der Waals surface area contributed by atoms with Crippen LogP contribution in [0.3, 0.4) is 0 Å². The Bertz CT molecular complexity index is 612. The average molecular weight is 313 g/mol. The van der Waals surface area contributed by atoms with Crippen molar-refractivity contribution >= 4 is 17.3 Å². The highest BCUT2D eigenvalue weighted by Crippen LogP contribution is 2.16. The Kier molecular flexibility index (Phi) is 6.11. The summed E-state index contributed by atoms with van der Waals surface area (Å²) in [6, 6.07) is 11.0. The lowest BCUT2D eigenvalue weighted by Crippen LogP contribution is -2.32. The third-order valence-corrected chi connectivity index (χ3v) is 3.36. The van der Waals surface area contributed by atoms with E-state index in [1.165, 1.54) is 0 Å². The van der Waals surface area contributed by atoms with Crippen LogP contribution in [0.1, 0.15) is 30.6 Å². The summed E-state index contributed by atoms with van der Waals surface area (Å²) in [5.74, 6) is 0.226. The van der Waals surface area contributed by atoms with Gasteiger partial charge in [0.2, 0.25) is 0 Å². The van der Waals surface area contributed by atoms with Gasteiger partial charge in [-0.3, -0.25) is 9.78 Å². The maximum atomic E-state index is 12.1. The SMILES string of the molecule is CC(C)CC(O)CNC(=O)c1ccc(Nc2ccncc2)cc1. The topological polar surface area (TPSA) is 74.2 Å². The quantitative estimate of drug-likeness (QED) is 0.734. The summed E-state index contributed by atoms with van der Waals surface area (Å²) in [7, 11) is 0. The first-order valence-corrected chi connectivity index (χ1v) is 7.78. The number of amides is 1. The summed E-state index contributed by atoms with van der Waals surface area (Å²) in [5, 5.41) is 15.8. The second-order valence-electron chi connectivity index (χ2n) is 5.93. The average Bonchev–Trinajstić information content (AvgIpc) is 2.54. The van der Waals surface area contributed by atoms with Crippen LogP contribution in [0.5, 0.6) is 0 Å². The Balaban J connectivity index is 1.87. The van der Waals surface area contributed by atoms with Crippen molar-refractivity contribution in [1.29, 1.82) is 0 Å². The fourth-order valence-corrected chi connectivity index (χ4v) is 2.25. The number of nitrogens with zero attached hydrogens (tertiary/aromatic N) is 1. The van der Waals surface area contributed by atoms with E-state index >= 15 is 0 Å². The molecule has 3 N–H and O–H groups in total. The van der Waals surface area contributed by atoms with Crippen molar-refractivity contribution in [3.05, 3.63) is 54.4 Å². The number of rotatable bonds is 7. The molecular formula is C18H23N3O2. The molecule has 1 heterocycles. The van der Waals surface area contributed by atoms with E-state index in [-0.39, 0.29) is 12.5 Å². The zero-order chi connectivity index (χ0) is 16.7. The third kappa shape index (κ3) is 5.71. The van der Waals surface area contributed by atoms with Crippen molar-refractivity contribution in [2.45, 2.75) is 26.4 Å². The molecule has 2 aromatic rings. The van der Waals surface area contributed by atoms with Crippen LogP contribution >= 0.6 is 0 Å². The number of aliphatic hydroxyl groups is 1. The minimum absolute atomic E-state index is 0.178. The van der Waals surface area contributed by atoms with E-state index in [1.54, 1.807) is 24.5 Å². The summed E-state index contributed by atoms with van der Waals surface area (Å²) < 4.78 is 0. The number of nitrogens with one attached hydrogen (secondary N) is 2. The maximum absolute atomic E-state index is 12.1. The molecule has 0 saturated heterocycles. The van der Waals surface area contributed by atoms with Crippen molar-refractivity contribution in [2.75, 3.05) is 11.9 Å². The van der Waals surface area contributed by atoms with E-state index in [2.05, 4.69) is 15.6 Å². The summed E-state index contributed by atoms with van der Waals surface area (Å²) in [6.45, 7) is 4.35. The number of hydrogen-bond acceptors (Lipinski definition) is 4. The van der Waals surface area contributed by atoms with Gasteiger partial charge >= 0.3 is 0 Å². The maximum Gasteiger partial charge on any atom is 0.251 e. The predicted molar refractivity (Wildman–Crippen MR) is 91.8 cm³/mol. The second-order valence-corrected chi connectivity index (χ2v) is 5.93. The molecule has 0 aliphatic carbocycles. The van der Waals surface area contributed by atoms with E-state index in [0.717, 1.165) is 11.4 Å². The van der Waals surface area contributed by atoms with Gasteiger partial charge in [-0.15, -0.1) is 0 Å². The largest absolute Gasteiger partial charge is 0.391 e. The van der Waals surface area contributed by atoms with E-state index in [1.807, 2.05) is 38.1 Å². The minimum Gasteiger partial charge on any atom is -0.391 e. The number of carbonyl (C=O) groups excluding carboxylic acids is 1. The lowest BCUT2D eigenvalue weighted by atomic mass is 10.1. The Hall–Kier alpha value is -2.40. The lowest BCUT2D eigenvalue weighted by molar-refractivity contribution is 0.0900. The van der Waals surface area contributed by atoms with Crippen molar-refractivity contribution in [3.8, 4) is 0 Å². The number of aromatic nitrogens is 1. The first-order valence-electron chi connectivity index (χ1n) is 7.78. The molecule has 1 atom stereocenters. The van der Waals surface area contributed by atoms with E-state index in [4.69, 9.17) is 0 Å². The standard InChI is InChI=1S/C18H23N3O2/c1-13(2)11-17(22)12-20-18(23)14-3-5-15(6-4-14)21-16-7-9-19-10-8-16/h3-10,13,17,22H,11-12H2,1-2H3,(H,19,21)(H,20,23). The highest BCUT2D eigenvalue weighted by molar-refractivity contribution is 5.94. The van der Waals surface area contributed by atoms with Gasteiger partial charge in [0.15, 0.2) is 0 Å². The zero-order valence-corrected chi connectivity index (χ0v) is 13.5. The highest BCUT2D eigenvalue weighted by atomic mass is 16.3. The van der Waals surface area contributed by atoms with Gasteiger partial charge in [0.05, 0.1) is 6.10 Å². The molecule has 5 heteroatoms. The monoisotopic (exact) mass is 313 g/mol. The summed E-state index contributed by atoms with van der Waals surface area (Å²) >= 11 is 0. The van der Waals surface area contributed by atoms with Crippen molar-refractivity contribution in [1.82, 2.24) is 10.3 Å². The molecule has 1 aromatic heterocycles. The van der Waals surface area contributed by atoms with Crippen LogP contribution in [0.2, 0.25) is 0 Å². The van der Waals surface area contributed by atoms with Crippen LogP contribution in [0, 0.1) is 5.92 Å². The molecule has 122 valence electrons. The van der Waals surface area contributed by atoms with E-state index in [9.17, 15) is 9.90 Å². The third-order valence-electron chi connectivity index (χ3n) is 3.36. The van der Waals surface area contributed by atoms with Gasteiger partial charge in [0.1, 0.15) is 0 Å². The molecule has 0 aliphatic heterocycles. The molecule has 0 spiro atoms. The minimum atomic E-state index is -0.508. The molecule has 23 heavy (non-hydrogen) atoms. The zero-order valence-electron chi connectivity index (χ0n) is 13.5. The molecule has 0 fully saturated rings. The molecule has 5 nitrogen and oxygen atoms in total. The highest BCUT2D eigenvalue weighted by Gasteiger charge is 2.10. The molecule has 1 unspecified atom stereocenters. The molecule has 1 aromatic carbocycles. The first-order chi connectivity index (χ1) is 11.0. The van der Waals surface area contributed by atoms with Gasteiger partial charge in [-0.1, -0.05) is 13.8 Å². The summed E-state index contributed by atoms with van der Waals surface area (Å²) in [4.78, 5) is 16.0. The lowest BCUT2D eigenvalue weighted by Gasteiger charge is -2.14. The van der Waals surface area contributed by atoms with Gasteiger partial charge in [-0.25, -0.2) is 0 Å². The first kappa shape index (κ1) is 17.0. The Morgan fingerprint density at radius 1 is 1.09 bits per heavy atom. The number of carbonyl (C=O) groups is 1. The van der Waals surface area contributed by atoms with Gasteiger partial charge in [0, 0.05) is 35.9 Å². The van der Waals surface area contributed by atoms with Crippen LogP contribution in [0.15, 0.2) is 48.8 Å². The number of anilines is 2. The molecule has 0 aliphatic rings. The predicted octanol–water partition coefficient (Wildman–Crippen LogP) is 2.96. The number of benzene rings is 1. The van der Waals surface area contributed by atoms with Gasteiger partial charge < -0.3 is 15.7 Å². The van der Waals surface area contributed by atoms with Crippen molar-refractivity contribution < 1.29 is 9.90 Å². The van der Waals surface area contributed by atoms with E-state index < -0.39 is 6.10 Å². The smallest absolute Gasteiger partial charge is 0.251 e. The molecular weight excluding hydrogens is 290 g/mol. The van der Waals surface area contributed by atoms with Crippen molar-refractivity contribution in [3.63, 3.8) is 0 Å². The van der Waals surface area contributed by atoms with Crippen LogP contribution in [0.4, 0.5) is 11.4 Å². The van der Waals surface area contributed by atoms with Crippen LogP contribution in [-0.4, -0.2) is 28.6 Å². The molecule has 1 amide bonds. The molecule has 2 rings (SSSR count). The fraction of sp³-hybridized carbons (Fsp3) is 0.333. The Labute approximate surface area is 136 Å². The second kappa shape index (κ2) is 8.29. The van der Waals surface area contributed by atoms with Gasteiger partial charge in [-0.2, -0.15) is 0 Å². The van der Waals surface area contributed by atoms with Crippen LogP contribution in [0.25, 0.3) is 0 Å². The van der Waals surface area contributed by atoms with Gasteiger partial charge in [-0.05, 0) is 48.7 Å². The summed E-state index contributed by atoms with van der Waals surface area (Å²) in [5.41, 5.74) is 2.41. The summed E-state index contributed by atoms with van der Waals surface area (Å²) in [6.07, 6.45) is 3.60. The number of pyridine rings is 1. The molecule has 0 bridgehead atoms. The Morgan fingerprint density at radius 2 is 1.70 bits per heavy atom. The number of aliphatic hydroxyl groups excluding tert-OH is 1. The normalized spacial score (nSPS) is 12.0. The van der Waals surface area contributed by atoms with Crippen molar-refractivity contribution in [2.24, 2.45) is 5.92 Å². The van der Waals surface area contributed by atoms with Crippen LogP contribution in [-0.2, 0) is 0 Å². The van der Waals surface area contributed by atoms with Gasteiger partial charge in [0.25, 0.3) is 5.91 Å². The van der Waals surface area contributed by atoms with Crippen LogP contribution < -0.4 is 10.6 Å². The van der Waals surface area contributed by atoms with E-state index in [0.29, 0.717) is 17.9 Å². The molecule has 0 saturated carbocycles. The fourth-order valence-electron chi connectivity index (χ4n) is 2.25.